The number of hydrogen-bond acceptors (Lipinski definition) is 4. The van der Waals surface area contributed by atoms with E-state index in [1.54, 1.807) is 6.92 Å². The Bertz CT molecular complexity index is 374. The van der Waals surface area contributed by atoms with Gasteiger partial charge in [0, 0.05) is 17.5 Å². The summed E-state index contributed by atoms with van der Waals surface area (Å²) in [6, 6.07) is 0. The minimum Gasteiger partial charge on any atom is -0.478 e. The average Bonchev–Trinajstić information content (AvgIpc) is 2.40. The molecular weight excluding hydrogens is 262 g/mol. The van der Waals surface area contributed by atoms with Gasteiger partial charge in [-0.15, -0.1) is 0 Å². The van der Waals surface area contributed by atoms with Gasteiger partial charge in [0.2, 0.25) is 5.91 Å². The van der Waals surface area contributed by atoms with Crippen LogP contribution in [0.3, 0.4) is 0 Å². The first-order valence-electron chi connectivity index (χ1n) is 6.64. The van der Waals surface area contributed by atoms with E-state index in [9.17, 15) is 9.59 Å². The molecule has 0 aliphatic heterocycles. The molecule has 0 spiro atoms. The van der Waals surface area contributed by atoms with Gasteiger partial charge in [-0.2, -0.15) is 0 Å². The fourth-order valence-electron chi connectivity index (χ4n) is 1.09. The van der Waals surface area contributed by atoms with E-state index >= 15 is 0 Å². The molecule has 0 aliphatic carbocycles. The summed E-state index contributed by atoms with van der Waals surface area (Å²) in [5.41, 5.74) is 0.443. The smallest absolute Gasteiger partial charge is 0.331 e. The highest BCUT2D eigenvalue weighted by molar-refractivity contribution is 5.86. The first-order chi connectivity index (χ1) is 9.22. The van der Waals surface area contributed by atoms with E-state index in [1.165, 1.54) is 6.92 Å². The van der Waals surface area contributed by atoms with Crippen molar-refractivity contribution in [1.29, 1.82) is 0 Å². The first kappa shape index (κ1) is 18.6. The van der Waals surface area contributed by atoms with Crippen LogP contribution in [-0.4, -0.2) is 36.7 Å². The van der Waals surface area contributed by atoms with Crippen molar-refractivity contribution in [3.63, 3.8) is 0 Å². The molecule has 0 aromatic rings. The third-order valence-electron chi connectivity index (χ3n) is 3.29. The van der Waals surface area contributed by atoms with Crippen molar-refractivity contribution in [3.05, 3.63) is 11.1 Å². The lowest BCUT2D eigenvalue weighted by molar-refractivity contribution is -0.286. The summed E-state index contributed by atoms with van der Waals surface area (Å²) in [5, 5.41) is 11.5. The fraction of sp³-hybridized carbons (Fsp3) is 0.714. The summed E-state index contributed by atoms with van der Waals surface area (Å²) >= 11 is 0. The Kier molecular flexibility index (Phi) is 8.10. The number of carbonyl (C=O) groups is 2. The van der Waals surface area contributed by atoms with Crippen molar-refractivity contribution in [2.45, 2.75) is 41.0 Å². The number of carboxylic acid groups (broad SMARTS) is 1. The monoisotopic (exact) mass is 287 g/mol. The molecule has 0 aromatic heterocycles. The Balaban J connectivity index is 3.82. The summed E-state index contributed by atoms with van der Waals surface area (Å²) in [5.74, 6) is -0.999. The van der Waals surface area contributed by atoms with Crippen molar-refractivity contribution in [3.8, 4) is 0 Å². The first-order valence-corrected chi connectivity index (χ1v) is 6.64. The molecule has 0 saturated carbocycles. The lowest BCUT2D eigenvalue weighted by atomic mass is 9.89. The van der Waals surface area contributed by atoms with Gasteiger partial charge in [0.1, 0.15) is 6.61 Å². The molecule has 0 radical (unpaired) electrons. The molecule has 0 saturated heterocycles. The van der Waals surface area contributed by atoms with Gasteiger partial charge in [0.25, 0.3) is 0 Å². The fourth-order valence-corrected chi connectivity index (χ4v) is 1.09. The maximum absolute atomic E-state index is 11.7. The number of carboxylic acids is 1. The van der Waals surface area contributed by atoms with Crippen molar-refractivity contribution in [1.82, 2.24) is 5.32 Å². The zero-order chi connectivity index (χ0) is 15.8. The highest BCUT2D eigenvalue weighted by Crippen LogP contribution is 2.18. The lowest BCUT2D eigenvalue weighted by Gasteiger charge is -2.21. The molecule has 0 aliphatic rings. The van der Waals surface area contributed by atoms with E-state index < -0.39 is 11.4 Å². The van der Waals surface area contributed by atoms with Gasteiger partial charge in [-0.05, 0) is 25.8 Å². The third-order valence-corrected chi connectivity index (χ3v) is 3.29. The summed E-state index contributed by atoms with van der Waals surface area (Å²) in [6.45, 7) is 9.54. The number of rotatable bonds is 9. The maximum Gasteiger partial charge on any atom is 0.331 e. The van der Waals surface area contributed by atoms with Crippen molar-refractivity contribution < 1.29 is 24.5 Å². The second kappa shape index (κ2) is 8.71. The van der Waals surface area contributed by atoms with Crippen LogP contribution in [-0.2, 0) is 19.4 Å². The normalized spacial score (nSPS) is 12.8. The number of carbonyl (C=O) groups excluding carboxylic acids is 1. The molecular formula is C14H25NO5. The standard InChI is InChI=1S/C14H25NO5/c1-6-14(4,5)13(18)15-7-8-19-20-9-10(2)11(3)12(16)17/h6-9H2,1-5H3,(H,15,18)(H,16,17)/b11-10-. The topological polar surface area (TPSA) is 84.9 Å². The highest BCUT2D eigenvalue weighted by Gasteiger charge is 2.24. The minimum absolute atomic E-state index is 0.0265. The summed E-state index contributed by atoms with van der Waals surface area (Å²) in [7, 11) is 0. The molecule has 20 heavy (non-hydrogen) atoms. The van der Waals surface area contributed by atoms with Gasteiger partial charge in [-0.1, -0.05) is 20.8 Å². The highest BCUT2D eigenvalue weighted by atomic mass is 17.2. The van der Waals surface area contributed by atoms with E-state index in [-0.39, 0.29) is 24.7 Å². The number of nitrogens with one attached hydrogen (secondary N) is 1. The summed E-state index contributed by atoms with van der Waals surface area (Å²) in [4.78, 5) is 32.2. The molecule has 1 amide bonds. The summed E-state index contributed by atoms with van der Waals surface area (Å²) < 4.78 is 0. The van der Waals surface area contributed by atoms with Gasteiger partial charge in [0.15, 0.2) is 0 Å². The molecule has 6 heteroatoms. The number of aliphatic carboxylic acids is 1. The average molecular weight is 287 g/mol. The lowest BCUT2D eigenvalue weighted by Crippen LogP contribution is -2.38. The van der Waals surface area contributed by atoms with E-state index in [1.807, 2.05) is 20.8 Å². The number of amides is 1. The van der Waals surface area contributed by atoms with Crippen molar-refractivity contribution in [2.24, 2.45) is 5.41 Å². The molecule has 0 heterocycles. The SMILES string of the molecule is CCC(C)(C)C(=O)NCCOOC/C(C)=C(/C)C(=O)O. The Labute approximate surface area is 120 Å². The molecule has 6 nitrogen and oxygen atoms in total. The molecule has 0 bridgehead atoms. The van der Waals surface area contributed by atoms with Gasteiger partial charge < -0.3 is 10.4 Å². The van der Waals surface area contributed by atoms with Crippen LogP contribution in [0.2, 0.25) is 0 Å². The van der Waals surface area contributed by atoms with E-state index in [0.717, 1.165) is 6.42 Å². The van der Waals surface area contributed by atoms with Gasteiger partial charge >= 0.3 is 5.97 Å². The molecule has 0 fully saturated rings. The van der Waals surface area contributed by atoms with Gasteiger partial charge in [-0.25, -0.2) is 14.6 Å². The molecule has 116 valence electrons. The van der Waals surface area contributed by atoms with Crippen LogP contribution < -0.4 is 5.32 Å². The molecule has 0 aromatic carbocycles. The van der Waals surface area contributed by atoms with E-state index in [0.29, 0.717) is 12.1 Å². The zero-order valence-corrected chi connectivity index (χ0v) is 12.9. The predicted octanol–water partition coefficient (Wildman–Crippen LogP) is 1.91. The number of hydrogen-bond donors (Lipinski definition) is 2. The van der Waals surface area contributed by atoms with Gasteiger partial charge in [-0.3, -0.25) is 4.79 Å². The van der Waals surface area contributed by atoms with Crippen LogP contribution in [0.1, 0.15) is 41.0 Å². The van der Waals surface area contributed by atoms with Crippen molar-refractivity contribution in [2.75, 3.05) is 19.8 Å². The van der Waals surface area contributed by atoms with Crippen molar-refractivity contribution >= 4 is 11.9 Å². The Morgan fingerprint density at radius 3 is 2.30 bits per heavy atom. The predicted molar refractivity (Wildman–Crippen MR) is 75.0 cm³/mol. The quantitative estimate of drug-likeness (QED) is 0.293. The molecule has 0 atom stereocenters. The third kappa shape index (κ3) is 6.68. The second-order valence-corrected chi connectivity index (χ2v) is 5.29. The van der Waals surface area contributed by atoms with Crippen LogP contribution >= 0.6 is 0 Å². The van der Waals surface area contributed by atoms with Gasteiger partial charge in [0.05, 0.1) is 6.61 Å². The maximum atomic E-state index is 11.7. The zero-order valence-electron chi connectivity index (χ0n) is 12.9. The van der Waals surface area contributed by atoms with Crippen LogP contribution in [0.4, 0.5) is 0 Å². The Morgan fingerprint density at radius 2 is 1.80 bits per heavy atom. The Hall–Kier alpha value is -1.40. The molecule has 0 rings (SSSR count). The largest absolute Gasteiger partial charge is 0.478 e. The second-order valence-electron chi connectivity index (χ2n) is 5.29. The van der Waals surface area contributed by atoms with E-state index in [4.69, 9.17) is 14.9 Å². The minimum atomic E-state index is -0.972. The van der Waals surface area contributed by atoms with Crippen LogP contribution in [0, 0.1) is 5.41 Å². The van der Waals surface area contributed by atoms with Crippen LogP contribution in [0.15, 0.2) is 11.1 Å². The summed E-state index contributed by atoms with van der Waals surface area (Å²) in [6.07, 6.45) is 0.759. The molecule has 0 unspecified atom stereocenters. The molecule has 2 N–H and O–H groups in total. The van der Waals surface area contributed by atoms with Crippen LogP contribution in [0.5, 0.6) is 0 Å². The Morgan fingerprint density at radius 1 is 1.20 bits per heavy atom. The van der Waals surface area contributed by atoms with E-state index in [2.05, 4.69) is 5.32 Å². The van der Waals surface area contributed by atoms with Crippen LogP contribution in [0.25, 0.3) is 0 Å².